The average Bonchev–Trinajstić information content (AvgIpc) is 3.01. The van der Waals surface area contributed by atoms with Crippen LogP contribution in [0.2, 0.25) is 0 Å². The molecule has 0 radical (unpaired) electrons. The number of fused-ring (bicyclic) bond motifs is 1. The number of amides is 1. The molecule has 1 saturated carbocycles. The maximum absolute atomic E-state index is 12.7. The van der Waals surface area contributed by atoms with Crippen molar-refractivity contribution in [1.82, 2.24) is 4.98 Å². The number of carbonyl (C=O) groups excluding carboxylic acids is 1. The first-order chi connectivity index (χ1) is 9.70. The highest BCUT2D eigenvalue weighted by molar-refractivity contribution is 5.98. The SMILES string of the molecule is COc1ccc2c(n1)N(C)CCN2C(=O)C1CCCC1. The predicted molar refractivity (Wildman–Crippen MR) is 78.4 cm³/mol. The third-order valence-electron chi connectivity index (χ3n) is 4.32. The Labute approximate surface area is 119 Å². The lowest BCUT2D eigenvalue weighted by molar-refractivity contribution is -0.122. The molecule has 3 rings (SSSR count). The Bertz CT molecular complexity index is 512. The number of pyridine rings is 1. The fourth-order valence-electron chi connectivity index (χ4n) is 3.13. The second kappa shape index (κ2) is 5.31. The van der Waals surface area contributed by atoms with Gasteiger partial charge in [-0.2, -0.15) is 4.98 Å². The van der Waals surface area contributed by atoms with Crippen LogP contribution in [0.1, 0.15) is 25.7 Å². The van der Waals surface area contributed by atoms with Gasteiger partial charge in [-0.1, -0.05) is 12.8 Å². The van der Waals surface area contributed by atoms with Crippen molar-refractivity contribution in [3.63, 3.8) is 0 Å². The van der Waals surface area contributed by atoms with E-state index in [2.05, 4.69) is 9.88 Å². The molecule has 0 N–H and O–H groups in total. The summed E-state index contributed by atoms with van der Waals surface area (Å²) in [6.45, 7) is 1.55. The van der Waals surface area contributed by atoms with Gasteiger partial charge in [0.25, 0.3) is 0 Å². The van der Waals surface area contributed by atoms with Crippen LogP contribution in [0.3, 0.4) is 0 Å². The van der Waals surface area contributed by atoms with Gasteiger partial charge >= 0.3 is 0 Å². The molecule has 1 aliphatic carbocycles. The van der Waals surface area contributed by atoms with Crippen LogP contribution in [0, 0.1) is 5.92 Å². The monoisotopic (exact) mass is 275 g/mol. The Morgan fingerprint density at radius 3 is 2.75 bits per heavy atom. The molecular formula is C15H21N3O2. The maximum atomic E-state index is 12.7. The standard InChI is InChI=1S/C15H21N3O2/c1-17-9-10-18(15(19)11-5-3-4-6-11)12-7-8-13(20-2)16-14(12)17/h7-8,11H,3-6,9-10H2,1-2H3. The van der Waals surface area contributed by atoms with Crippen molar-refractivity contribution >= 4 is 17.4 Å². The quantitative estimate of drug-likeness (QED) is 0.829. The van der Waals surface area contributed by atoms with E-state index in [-0.39, 0.29) is 11.8 Å². The van der Waals surface area contributed by atoms with Crippen LogP contribution in [-0.2, 0) is 4.79 Å². The molecule has 108 valence electrons. The minimum absolute atomic E-state index is 0.202. The van der Waals surface area contributed by atoms with Gasteiger partial charge in [0.15, 0.2) is 5.82 Å². The van der Waals surface area contributed by atoms with Gasteiger partial charge in [-0.25, -0.2) is 0 Å². The van der Waals surface area contributed by atoms with Crippen LogP contribution in [-0.4, -0.2) is 38.1 Å². The Morgan fingerprint density at radius 2 is 2.05 bits per heavy atom. The van der Waals surface area contributed by atoms with Gasteiger partial charge in [0.1, 0.15) is 0 Å². The molecule has 0 spiro atoms. The summed E-state index contributed by atoms with van der Waals surface area (Å²) in [5.74, 6) is 1.89. The van der Waals surface area contributed by atoms with Gasteiger partial charge in [-0.15, -0.1) is 0 Å². The molecule has 0 saturated heterocycles. The number of methoxy groups -OCH3 is 1. The molecule has 1 aliphatic heterocycles. The molecule has 0 aromatic carbocycles. The van der Waals surface area contributed by atoms with Gasteiger partial charge < -0.3 is 14.5 Å². The van der Waals surface area contributed by atoms with E-state index in [9.17, 15) is 4.79 Å². The van der Waals surface area contributed by atoms with Crippen LogP contribution < -0.4 is 14.5 Å². The first kappa shape index (κ1) is 13.2. The van der Waals surface area contributed by atoms with E-state index in [4.69, 9.17) is 4.74 Å². The van der Waals surface area contributed by atoms with Crippen molar-refractivity contribution in [2.45, 2.75) is 25.7 Å². The van der Waals surface area contributed by atoms with E-state index in [1.165, 1.54) is 12.8 Å². The number of likely N-dealkylation sites (N-methyl/N-ethyl adjacent to an activating group) is 1. The third kappa shape index (κ3) is 2.21. The number of rotatable bonds is 2. The molecule has 2 heterocycles. The summed E-state index contributed by atoms with van der Waals surface area (Å²) in [7, 11) is 3.61. The summed E-state index contributed by atoms with van der Waals surface area (Å²) in [6, 6.07) is 3.77. The summed E-state index contributed by atoms with van der Waals surface area (Å²) in [6.07, 6.45) is 4.42. The Morgan fingerprint density at radius 1 is 1.30 bits per heavy atom. The highest BCUT2D eigenvalue weighted by atomic mass is 16.5. The number of hydrogen-bond acceptors (Lipinski definition) is 4. The van der Waals surface area contributed by atoms with Crippen molar-refractivity contribution in [1.29, 1.82) is 0 Å². The molecular weight excluding hydrogens is 254 g/mol. The second-order valence-electron chi connectivity index (χ2n) is 5.59. The van der Waals surface area contributed by atoms with E-state index in [0.717, 1.165) is 37.4 Å². The minimum Gasteiger partial charge on any atom is -0.481 e. The Hall–Kier alpha value is -1.78. The molecule has 0 atom stereocenters. The lowest BCUT2D eigenvalue weighted by Crippen LogP contribution is -2.45. The topological polar surface area (TPSA) is 45.7 Å². The first-order valence-electron chi connectivity index (χ1n) is 7.28. The second-order valence-corrected chi connectivity index (χ2v) is 5.59. The van der Waals surface area contributed by atoms with Crippen molar-refractivity contribution in [3.05, 3.63) is 12.1 Å². The highest BCUT2D eigenvalue weighted by Gasteiger charge is 2.32. The van der Waals surface area contributed by atoms with Crippen LogP contribution in [0.25, 0.3) is 0 Å². The zero-order chi connectivity index (χ0) is 14.1. The van der Waals surface area contributed by atoms with Crippen LogP contribution in [0.4, 0.5) is 11.5 Å². The summed E-state index contributed by atoms with van der Waals surface area (Å²) >= 11 is 0. The van der Waals surface area contributed by atoms with E-state index in [1.54, 1.807) is 7.11 Å². The largest absolute Gasteiger partial charge is 0.481 e. The van der Waals surface area contributed by atoms with E-state index < -0.39 is 0 Å². The fraction of sp³-hybridized carbons (Fsp3) is 0.600. The molecule has 1 aromatic heterocycles. The van der Waals surface area contributed by atoms with Crippen LogP contribution in [0.5, 0.6) is 5.88 Å². The molecule has 2 aliphatic rings. The summed E-state index contributed by atoms with van der Waals surface area (Å²) in [4.78, 5) is 21.1. The third-order valence-corrected chi connectivity index (χ3v) is 4.32. The number of hydrogen-bond donors (Lipinski definition) is 0. The molecule has 1 aromatic rings. The Kier molecular flexibility index (Phi) is 3.51. The maximum Gasteiger partial charge on any atom is 0.230 e. The van der Waals surface area contributed by atoms with Crippen LogP contribution >= 0.6 is 0 Å². The summed E-state index contributed by atoms with van der Waals surface area (Å²) < 4.78 is 5.18. The smallest absolute Gasteiger partial charge is 0.230 e. The number of carbonyl (C=O) groups is 1. The highest BCUT2D eigenvalue weighted by Crippen LogP contribution is 2.35. The van der Waals surface area contributed by atoms with E-state index >= 15 is 0 Å². The number of anilines is 2. The van der Waals surface area contributed by atoms with Gasteiger partial charge in [0.2, 0.25) is 11.8 Å². The summed E-state index contributed by atoms with van der Waals surface area (Å²) in [5.41, 5.74) is 0.913. The predicted octanol–water partition coefficient (Wildman–Crippen LogP) is 2.06. The van der Waals surface area contributed by atoms with Crippen molar-refractivity contribution in [2.24, 2.45) is 5.92 Å². The molecule has 1 fully saturated rings. The summed E-state index contributed by atoms with van der Waals surface area (Å²) in [5, 5.41) is 0. The van der Waals surface area contributed by atoms with Gasteiger partial charge in [0, 0.05) is 32.1 Å². The average molecular weight is 275 g/mol. The number of ether oxygens (including phenoxy) is 1. The lowest BCUT2D eigenvalue weighted by Gasteiger charge is -2.36. The molecule has 1 amide bonds. The van der Waals surface area contributed by atoms with Gasteiger partial charge in [-0.3, -0.25) is 4.79 Å². The number of nitrogens with zero attached hydrogens (tertiary/aromatic N) is 3. The zero-order valence-corrected chi connectivity index (χ0v) is 12.1. The van der Waals surface area contributed by atoms with Crippen molar-refractivity contribution < 1.29 is 9.53 Å². The molecule has 0 bridgehead atoms. The molecule has 20 heavy (non-hydrogen) atoms. The van der Waals surface area contributed by atoms with E-state index in [0.29, 0.717) is 5.88 Å². The van der Waals surface area contributed by atoms with E-state index in [1.807, 2.05) is 24.1 Å². The Balaban J connectivity index is 1.91. The fourth-order valence-corrected chi connectivity index (χ4v) is 3.13. The van der Waals surface area contributed by atoms with Crippen molar-refractivity contribution in [3.8, 4) is 5.88 Å². The van der Waals surface area contributed by atoms with Crippen molar-refractivity contribution in [2.75, 3.05) is 37.0 Å². The molecule has 5 heteroatoms. The molecule has 5 nitrogen and oxygen atoms in total. The molecule has 0 unspecified atom stereocenters. The first-order valence-corrected chi connectivity index (χ1v) is 7.28. The van der Waals surface area contributed by atoms with Crippen LogP contribution in [0.15, 0.2) is 12.1 Å². The normalized spacial score (nSPS) is 19.1. The van der Waals surface area contributed by atoms with Gasteiger partial charge in [0.05, 0.1) is 12.8 Å². The number of aromatic nitrogens is 1. The zero-order valence-electron chi connectivity index (χ0n) is 12.1. The lowest BCUT2D eigenvalue weighted by atomic mass is 10.1. The van der Waals surface area contributed by atoms with Gasteiger partial charge in [-0.05, 0) is 18.9 Å². The minimum atomic E-state index is 0.202.